The lowest BCUT2D eigenvalue weighted by molar-refractivity contribution is -0.158. The van der Waals surface area contributed by atoms with Crippen LogP contribution in [0, 0.1) is 5.92 Å². The van der Waals surface area contributed by atoms with Crippen molar-refractivity contribution in [1.82, 2.24) is 0 Å². The monoisotopic (exact) mass is 258 g/mol. The maximum atomic E-state index is 11.5. The van der Waals surface area contributed by atoms with Crippen molar-refractivity contribution in [3.8, 4) is 0 Å². The van der Waals surface area contributed by atoms with Gasteiger partial charge in [0.1, 0.15) is 0 Å². The van der Waals surface area contributed by atoms with Crippen LogP contribution in [-0.2, 0) is 28.6 Å². The van der Waals surface area contributed by atoms with Crippen LogP contribution in [0.25, 0.3) is 0 Å². The van der Waals surface area contributed by atoms with Crippen molar-refractivity contribution in [3.63, 3.8) is 0 Å². The third-order valence-corrected chi connectivity index (χ3v) is 1.79. The number of ether oxygens (including phenoxy) is 3. The number of carbonyl (C=O) groups excluding carboxylic acids is 3. The number of carbonyl (C=O) groups is 3. The van der Waals surface area contributed by atoms with Crippen molar-refractivity contribution in [3.05, 3.63) is 12.2 Å². The minimum absolute atomic E-state index is 0.141. The quantitative estimate of drug-likeness (QED) is 0.291. The standard InChI is InChI=1S/C12H18O6/c1-4-16-10(13)8-7-9(11(14)17-5-2)12(15)18-6-3/h7-9H,4-6H2,1-3H3. The highest BCUT2D eigenvalue weighted by Crippen LogP contribution is 2.06. The van der Waals surface area contributed by atoms with Crippen LogP contribution in [0.1, 0.15) is 20.8 Å². The van der Waals surface area contributed by atoms with E-state index in [4.69, 9.17) is 9.47 Å². The molecule has 6 heteroatoms. The van der Waals surface area contributed by atoms with Crippen molar-refractivity contribution < 1.29 is 28.6 Å². The van der Waals surface area contributed by atoms with Gasteiger partial charge in [0.2, 0.25) is 0 Å². The minimum Gasteiger partial charge on any atom is -0.465 e. The van der Waals surface area contributed by atoms with Gasteiger partial charge in [0, 0.05) is 6.08 Å². The zero-order chi connectivity index (χ0) is 14.0. The minimum atomic E-state index is -1.24. The van der Waals surface area contributed by atoms with Crippen LogP contribution in [0.4, 0.5) is 0 Å². The molecular weight excluding hydrogens is 240 g/mol. The molecule has 0 aliphatic carbocycles. The highest BCUT2D eigenvalue weighted by molar-refractivity contribution is 5.98. The smallest absolute Gasteiger partial charge is 0.330 e. The molecule has 0 fully saturated rings. The van der Waals surface area contributed by atoms with E-state index in [0.29, 0.717) is 0 Å². The predicted molar refractivity (Wildman–Crippen MR) is 62.5 cm³/mol. The predicted octanol–water partition coefficient (Wildman–Crippen LogP) is 0.848. The fourth-order valence-electron chi connectivity index (χ4n) is 1.08. The van der Waals surface area contributed by atoms with Gasteiger partial charge in [-0.25, -0.2) is 4.79 Å². The van der Waals surface area contributed by atoms with Gasteiger partial charge in [-0.2, -0.15) is 0 Å². The number of esters is 3. The number of rotatable bonds is 7. The van der Waals surface area contributed by atoms with E-state index in [1.165, 1.54) is 0 Å². The zero-order valence-corrected chi connectivity index (χ0v) is 10.8. The van der Waals surface area contributed by atoms with Crippen LogP contribution in [0.15, 0.2) is 12.2 Å². The molecule has 0 rings (SSSR count). The van der Waals surface area contributed by atoms with Gasteiger partial charge in [-0.3, -0.25) is 9.59 Å². The molecule has 0 saturated heterocycles. The van der Waals surface area contributed by atoms with Gasteiger partial charge in [-0.15, -0.1) is 0 Å². The molecule has 0 aliphatic rings. The molecule has 0 bridgehead atoms. The lowest BCUT2D eigenvalue weighted by Crippen LogP contribution is -2.26. The molecule has 0 amide bonds. The van der Waals surface area contributed by atoms with Crippen molar-refractivity contribution in [1.29, 1.82) is 0 Å². The molecule has 0 atom stereocenters. The highest BCUT2D eigenvalue weighted by Gasteiger charge is 2.26. The van der Waals surface area contributed by atoms with Crippen LogP contribution in [0.5, 0.6) is 0 Å². The number of hydrogen-bond donors (Lipinski definition) is 0. The second-order valence-electron chi connectivity index (χ2n) is 3.09. The SMILES string of the molecule is CCOC(=O)C=CC(C(=O)OCC)C(=O)OCC. The molecule has 0 unspecified atom stereocenters. The summed E-state index contributed by atoms with van der Waals surface area (Å²) in [7, 11) is 0. The molecule has 18 heavy (non-hydrogen) atoms. The topological polar surface area (TPSA) is 78.9 Å². The Morgan fingerprint density at radius 1 is 0.889 bits per heavy atom. The molecule has 0 spiro atoms. The maximum absolute atomic E-state index is 11.5. The second kappa shape index (κ2) is 9.21. The summed E-state index contributed by atoms with van der Waals surface area (Å²) >= 11 is 0. The molecule has 102 valence electrons. The van der Waals surface area contributed by atoms with Crippen molar-refractivity contribution in [2.45, 2.75) is 20.8 Å². The summed E-state index contributed by atoms with van der Waals surface area (Å²) in [5.41, 5.74) is 0. The fraction of sp³-hybridized carbons (Fsp3) is 0.583. The molecule has 0 aromatic carbocycles. The third-order valence-electron chi connectivity index (χ3n) is 1.79. The van der Waals surface area contributed by atoms with Crippen molar-refractivity contribution >= 4 is 17.9 Å². The summed E-state index contributed by atoms with van der Waals surface area (Å²) in [4.78, 5) is 34.1. The molecule has 0 N–H and O–H groups in total. The van der Waals surface area contributed by atoms with Crippen LogP contribution < -0.4 is 0 Å². The first-order valence-corrected chi connectivity index (χ1v) is 5.74. The van der Waals surface area contributed by atoms with Gasteiger partial charge in [-0.1, -0.05) is 6.08 Å². The summed E-state index contributed by atoms with van der Waals surface area (Å²) in [6.07, 6.45) is 2.13. The molecule has 0 aromatic heterocycles. The van der Waals surface area contributed by atoms with E-state index < -0.39 is 23.8 Å². The van der Waals surface area contributed by atoms with Crippen LogP contribution in [-0.4, -0.2) is 37.7 Å². The molecule has 0 aromatic rings. The Kier molecular flexibility index (Phi) is 8.26. The first-order valence-electron chi connectivity index (χ1n) is 5.74. The summed E-state index contributed by atoms with van der Waals surface area (Å²) in [5, 5.41) is 0. The third kappa shape index (κ3) is 6.03. The Morgan fingerprint density at radius 2 is 1.33 bits per heavy atom. The summed E-state index contributed by atoms with van der Waals surface area (Å²) < 4.78 is 14.1. The molecule has 6 nitrogen and oxygen atoms in total. The lowest BCUT2D eigenvalue weighted by Gasteiger charge is -2.10. The normalized spacial score (nSPS) is 10.4. The highest BCUT2D eigenvalue weighted by atomic mass is 16.6. The Bertz CT molecular complexity index is 303. The Labute approximate surface area is 106 Å². The molecule has 0 radical (unpaired) electrons. The van der Waals surface area contributed by atoms with Crippen LogP contribution >= 0.6 is 0 Å². The van der Waals surface area contributed by atoms with E-state index in [0.717, 1.165) is 12.2 Å². The maximum Gasteiger partial charge on any atom is 0.330 e. The van der Waals surface area contributed by atoms with Crippen molar-refractivity contribution in [2.75, 3.05) is 19.8 Å². The summed E-state index contributed by atoms with van der Waals surface area (Å²) in [5.74, 6) is -3.38. The second-order valence-corrected chi connectivity index (χ2v) is 3.09. The molecule has 0 heterocycles. The average molecular weight is 258 g/mol. The molecule has 0 saturated carbocycles. The van der Waals surface area contributed by atoms with Crippen LogP contribution in [0.2, 0.25) is 0 Å². The zero-order valence-electron chi connectivity index (χ0n) is 10.8. The fourth-order valence-corrected chi connectivity index (χ4v) is 1.08. The molecular formula is C12H18O6. The van der Waals surface area contributed by atoms with E-state index in [9.17, 15) is 14.4 Å². The Balaban J connectivity index is 4.71. The molecule has 0 aliphatic heterocycles. The number of hydrogen-bond acceptors (Lipinski definition) is 6. The van der Waals surface area contributed by atoms with E-state index in [1.807, 2.05) is 0 Å². The Morgan fingerprint density at radius 3 is 1.72 bits per heavy atom. The van der Waals surface area contributed by atoms with Gasteiger partial charge < -0.3 is 14.2 Å². The average Bonchev–Trinajstić information content (AvgIpc) is 2.30. The first-order chi connectivity index (χ1) is 8.56. The lowest BCUT2D eigenvalue weighted by atomic mass is 10.1. The van der Waals surface area contributed by atoms with Crippen molar-refractivity contribution in [2.24, 2.45) is 5.92 Å². The van der Waals surface area contributed by atoms with E-state index >= 15 is 0 Å². The first kappa shape index (κ1) is 16.1. The largest absolute Gasteiger partial charge is 0.465 e. The van der Waals surface area contributed by atoms with E-state index in [1.54, 1.807) is 20.8 Å². The summed E-state index contributed by atoms with van der Waals surface area (Å²) in [6, 6.07) is 0. The van der Waals surface area contributed by atoms with Gasteiger partial charge in [0.25, 0.3) is 0 Å². The van der Waals surface area contributed by atoms with Crippen LogP contribution in [0.3, 0.4) is 0 Å². The van der Waals surface area contributed by atoms with E-state index in [2.05, 4.69) is 4.74 Å². The summed E-state index contributed by atoms with van der Waals surface area (Å²) in [6.45, 7) is 5.39. The van der Waals surface area contributed by atoms with Gasteiger partial charge in [0.05, 0.1) is 19.8 Å². The van der Waals surface area contributed by atoms with Gasteiger partial charge in [-0.05, 0) is 20.8 Å². The van der Waals surface area contributed by atoms with E-state index in [-0.39, 0.29) is 19.8 Å². The van der Waals surface area contributed by atoms with Gasteiger partial charge >= 0.3 is 17.9 Å². The Hall–Kier alpha value is -1.85. The van der Waals surface area contributed by atoms with Gasteiger partial charge in [0.15, 0.2) is 5.92 Å².